The Hall–Kier alpha value is -0.570. The Kier molecular flexibility index (Phi) is 1.45. The molecule has 0 aromatic carbocycles. The molecule has 0 spiro atoms. The van der Waals surface area contributed by atoms with Gasteiger partial charge in [0.1, 0.15) is 0 Å². The molecule has 1 aliphatic rings. The van der Waals surface area contributed by atoms with Gasteiger partial charge in [-0.15, -0.1) is 0 Å². The molecule has 0 aromatic heterocycles. The molecule has 3 heteroatoms. The highest BCUT2D eigenvalue weighted by Crippen LogP contribution is 2.19. The van der Waals surface area contributed by atoms with Crippen molar-refractivity contribution in [2.45, 2.75) is 25.4 Å². The molecule has 1 N–H and O–H groups in total. The number of aliphatic hydroxyl groups is 1. The van der Waals surface area contributed by atoms with Gasteiger partial charge in [0.15, 0.2) is 0 Å². The molecule has 0 aromatic rings. The van der Waals surface area contributed by atoms with Gasteiger partial charge in [-0.25, -0.2) is 0 Å². The van der Waals surface area contributed by atoms with Gasteiger partial charge in [0, 0.05) is 6.42 Å². The molecule has 52 valence electrons. The van der Waals surface area contributed by atoms with Crippen molar-refractivity contribution in [2.75, 3.05) is 6.61 Å². The van der Waals surface area contributed by atoms with E-state index in [1.807, 2.05) is 0 Å². The third-order valence-electron chi connectivity index (χ3n) is 1.43. The molecule has 9 heavy (non-hydrogen) atoms. The molecule has 1 aliphatic heterocycles. The lowest BCUT2D eigenvalue weighted by molar-refractivity contribution is -0.157. The monoisotopic (exact) mass is 132 g/mol. The standard InChI is InChI=1S/C6H10O3/c1-6(8)2-3-9-5(7)4-6/h8H,2-4H2,1H3/i4+2. The van der Waals surface area contributed by atoms with Crippen LogP contribution in [0.25, 0.3) is 0 Å². The number of rotatable bonds is 0. The zero-order valence-corrected chi connectivity index (χ0v) is 5.39. The van der Waals surface area contributed by atoms with E-state index >= 15 is 0 Å². The van der Waals surface area contributed by atoms with Crippen LogP contribution >= 0.6 is 0 Å². The summed E-state index contributed by atoms with van der Waals surface area (Å²) >= 11 is 0. The fourth-order valence-corrected chi connectivity index (χ4v) is 0.835. The van der Waals surface area contributed by atoms with Gasteiger partial charge in [-0.2, -0.15) is 0 Å². The van der Waals surface area contributed by atoms with Gasteiger partial charge in [-0.05, 0) is 6.92 Å². The molecule has 1 saturated heterocycles. The topological polar surface area (TPSA) is 46.5 Å². The quantitative estimate of drug-likeness (QED) is 0.474. The van der Waals surface area contributed by atoms with Crippen LogP contribution in [0.4, 0.5) is 0 Å². The first-order valence-electron chi connectivity index (χ1n) is 2.98. The second kappa shape index (κ2) is 1.99. The molecule has 3 nitrogen and oxygen atoms in total. The van der Waals surface area contributed by atoms with Crippen molar-refractivity contribution in [3.8, 4) is 0 Å². The van der Waals surface area contributed by atoms with Crippen molar-refractivity contribution in [1.82, 2.24) is 0 Å². The lowest BCUT2D eigenvalue weighted by Crippen LogP contribution is -2.35. The normalized spacial score (nSPS) is 36.0. The molecule has 1 fully saturated rings. The third kappa shape index (κ3) is 1.68. The summed E-state index contributed by atoms with van der Waals surface area (Å²) in [6.07, 6.45) is 0.686. The molecule has 1 rings (SSSR count). The van der Waals surface area contributed by atoms with E-state index in [4.69, 9.17) is 0 Å². The SMILES string of the molecule is CC1(O)CCOC(=O)[14CH2]1. The molecule has 0 aliphatic carbocycles. The van der Waals surface area contributed by atoms with Crippen LogP contribution in [0, 0.1) is 0 Å². The summed E-state index contributed by atoms with van der Waals surface area (Å²) in [5.41, 5.74) is -0.824. The molecular weight excluding hydrogens is 122 g/mol. The first kappa shape index (κ1) is 6.55. The molecule has 0 bridgehead atoms. The average Bonchev–Trinajstić information content (AvgIpc) is 1.60. The largest absolute Gasteiger partial charge is 0.465 e. The number of ether oxygens (including phenoxy) is 1. The lowest BCUT2D eigenvalue weighted by atomic mass is 10.2. The number of hydrogen-bond acceptors (Lipinski definition) is 3. The van der Waals surface area contributed by atoms with Crippen LogP contribution in [0.1, 0.15) is 19.8 Å². The van der Waals surface area contributed by atoms with E-state index in [0.29, 0.717) is 13.0 Å². The minimum absolute atomic E-state index is 0.132. The molecule has 1 atom stereocenters. The van der Waals surface area contributed by atoms with Crippen molar-refractivity contribution in [3.05, 3.63) is 0 Å². The maximum atomic E-state index is 10.5. The zero-order valence-electron chi connectivity index (χ0n) is 5.39. The van der Waals surface area contributed by atoms with Crippen molar-refractivity contribution in [1.29, 1.82) is 0 Å². The van der Waals surface area contributed by atoms with Crippen LogP contribution in [-0.4, -0.2) is 23.3 Å². The number of cyclic esters (lactones) is 1. The fraction of sp³-hybridized carbons (Fsp3) is 0.833. The van der Waals surface area contributed by atoms with Crippen LogP contribution in [0.3, 0.4) is 0 Å². The predicted molar refractivity (Wildman–Crippen MR) is 30.8 cm³/mol. The first-order valence-corrected chi connectivity index (χ1v) is 2.98. The van der Waals surface area contributed by atoms with E-state index in [-0.39, 0.29) is 12.4 Å². The Balaban J connectivity index is 2.51. The molecule has 0 saturated carbocycles. The van der Waals surface area contributed by atoms with Crippen LogP contribution in [0.2, 0.25) is 0 Å². The predicted octanol–water partition coefficient (Wildman–Crippen LogP) is 0.0744. The zero-order chi connectivity index (χ0) is 6.91. The molecular formula is C6H10O3. The number of carbonyl (C=O) groups is 1. The summed E-state index contributed by atoms with van der Waals surface area (Å²) < 4.78 is 4.61. The summed E-state index contributed by atoms with van der Waals surface area (Å²) in [6.45, 7) is 2.00. The Labute approximate surface area is 53.6 Å². The van der Waals surface area contributed by atoms with Crippen molar-refractivity contribution in [3.63, 3.8) is 0 Å². The Morgan fingerprint density at radius 3 is 2.89 bits per heavy atom. The van der Waals surface area contributed by atoms with E-state index in [1.54, 1.807) is 6.92 Å². The second-order valence-corrected chi connectivity index (χ2v) is 2.64. The number of esters is 1. The van der Waals surface area contributed by atoms with Gasteiger partial charge in [0.2, 0.25) is 0 Å². The van der Waals surface area contributed by atoms with Gasteiger partial charge < -0.3 is 9.84 Å². The van der Waals surface area contributed by atoms with Crippen LogP contribution in [0.15, 0.2) is 0 Å². The van der Waals surface area contributed by atoms with E-state index in [1.165, 1.54) is 0 Å². The number of hydrogen-bond donors (Lipinski definition) is 1. The van der Waals surface area contributed by atoms with Gasteiger partial charge in [-0.3, -0.25) is 4.79 Å². The van der Waals surface area contributed by atoms with Crippen LogP contribution in [-0.2, 0) is 9.53 Å². The minimum Gasteiger partial charge on any atom is -0.465 e. The highest BCUT2D eigenvalue weighted by Gasteiger charge is 2.29. The fourth-order valence-electron chi connectivity index (χ4n) is 0.835. The average molecular weight is 132 g/mol. The second-order valence-electron chi connectivity index (χ2n) is 2.64. The Morgan fingerprint density at radius 2 is 2.56 bits per heavy atom. The summed E-state index contributed by atoms with van der Waals surface area (Å²) in [6, 6.07) is 0. The molecule has 0 radical (unpaired) electrons. The summed E-state index contributed by atoms with van der Waals surface area (Å²) in [5.74, 6) is -0.300. The molecule has 1 unspecified atom stereocenters. The Bertz CT molecular complexity index is 128. The van der Waals surface area contributed by atoms with Crippen molar-refractivity contribution in [2.24, 2.45) is 0 Å². The third-order valence-corrected chi connectivity index (χ3v) is 1.43. The summed E-state index contributed by atoms with van der Waals surface area (Å²) in [7, 11) is 0. The maximum Gasteiger partial charge on any atom is 0.308 e. The van der Waals surface area contributed by atoms with E-state index < -0.39 is 5.60 Å². The van der Waals surface area contributed by atoms with Crippen molar-refractivity contribution < 1.29 is 14.6 Å². The van der Waals surface area contributed by atoms with Gasteiger partial charge in [0.25, 0.3) is 0 Å². The first-order chi connectivity index (χ1) is 4.10. The maximum absolute atomic E-state index is 10.5. The lowest BCUT2D eigenvalue weighted by Gasteiger charge is -2.26. The highest BCUT2D eigenvalue weighted by atomic mass is 16.6. The molecule has 1 heterocycles. The summed E-state index contributed by atoms with van der Waals surface area (Å²) in [4.78, 5) is 10.5. The molecule has 0 amide bonds. The number of carbonyl (C=O) groups excluding carboxylic acids is 1. The summed E-state index contributed by atoms with van der Waals surface area (Å²) in [5, 5.41) is 9.24. The van der Waals surface area contributed by atoms with Crippen LogP contribution in [0.5, 0.6) is 0 Å². The van der Waals surface area contributed by atoms with E-state index in [2.05, 4.69) is 4.74 Å². The van der Waals surface area contributed by atoms with Crippen molar-refractivity contribution >= 4 is 5.97 Å². The van der Waals surface area contributed by atoms with Gasteiger partial charge in [-0.1, -0.05) is 0 Å². The smallest absolute Gasteiger partial charge is 0.308 e. The van der Waals surface area contributed by atoms with Crippen LogP contribution < -0.4 is 0 Å². The van der Waals surface area contributed by atoms with E-state index in [0.717, 1.165) is 0 Å². The highest BCUT2D eigenvalue weighted by molar-refractivity contribution is 5.71. The van der Waals surface area contributed by atoms with Gasteiger partial charge in [0.05, 0.1) is 18.6 Å². The van der Waals surface area contributed by atoms with Gasteiger partial charge >= 0.3 is 5.97 Å². The minimum atomic E-state index is -0.824. The van der Waals surface area contributed by atoms with E-state index in [9.17, 15) is 9.90 Å². The Morgan fingerprint density at radius 1 is 1.89 bits per heavy atom.